The zero-order valence-corrected chi connectivity index (χ0v) is 12.6. The van der Waals surface area contributed by atoms with E-state index in [1.54, 1.807) is 11.4 Å². The molecule has 0 N–H and O–H groups in total. The molecule has 0 spiro atoms. The van der Waals surface area contributed by atoms with E-state index in [2.05, 4.69) is 26.0 Å². The highest BCUT2D eigenvalue weighted by atomic mass is 32.7. The Labute approximate surface area is 110 Å². The maximum Gasteiger partial charge on any atom is 0.143 e. The van der Waals surface area contributed by atoms with Gasteiger partial charge in [0.15, 0.2) is 0 Å². The third kappa shape index (κ3) is 5.79. The molecule has 0 aliphatic heterocycles. The quantitative estimate of drug-likeness (QED) is 0.567. The molecule has 0 radical (unpaired) electrons. The standard InChI is InChI=1S/C14H23OPS/c1-3-5-12-16(15,13-6-4-2)17-14-10-8-7-9-11-14/h7-11H,3-6,12-13H2,1-2H3. The highest BCUT2D eigenvalue weighted by molar-refractivity contribution is 8.58. The number of hydrogen-bond donors (Lipinski definition) is 0. The molecule has 1 nitrogen and oxygen atoms in total. The zero-order valence-electron chi connectivity index (χ0n) is 10.9. The Kier molecular flexibility index (Phi) is 6.99. The van der Waals surface area contributed by atoms with Crippen LogP contribution in [-0.4, -0.2) is 12.3 Å². The van der Waals surface area contributed by atoms with E-state index < -0.39 is 6.34 Å². The SMILES string of the molecule is CCCCP(=O)(CCCC)Sc1ccccc1. The summed E-state index contributed by atoms with van der Waals surface area (Å²) in [5.41, 5.74) is 0. The number of hydrogen-bond acceptors (Lipinski definition) is 2. The Morgan fingerprint density at radius 2 is 1.53 bits per heavy atom. The minimum absolute atomic E-state index is 0.892. The molecule has 0 aromatic heterocycles. The molecule has 0 aliphatic rings. The molecule has 17 heavy (non-hydrogen) atoms. The summed E-state index contributed by atoms with van der Waals surface area (Å²) in [6.07, 6.45) is 4.16. The average Bonchev–Trinajstić information content (AvgIpc) is 2.35. The summed E-state index contributed by atoms with van der Waals surface area (Å²) >= 11 is 1.63. The minimum atomic E-state index is -2.06. The lowest BCUT2D eigenvalue weighted by atomic mass is 10.4. The van der Waals surface area contributed by atoms with Crippen LogP contribution in [0.15, 0.2) is 35.2 Å². The van der Waals surface area contributed by atoms with Crippen LogP contribution in [0.1, 0.15) is 39.5 Å². The highest BCUT2D eigenvalue weighted by Gasteiger charge is 2.22. The molecule has 0 heterocycles. The molecule has 96 valence electrons. The number of rotatable bonds is 8. The molecule has 1 aromatic carbocycles. The fourth-order valence-corrected chi connectivity index (χ4v) is 7.18. The molecule has 0 aliphatic carbocycles. The summed E-state index contributed by atoms with van der Waals surface area (Å²) in [5, 5.41) is 0. The molecule has 0 amide bonds. The third-order valence-corrected chi connectivity index (χ3v) is 8.26. The van der Waals surface area contributed by atoms with Crippen LogP contribution in [0.5, 0.6) is 0 Å². The van der Waals surface area contributed by atoms with Crippen molar-refractivity contribution in [1.29, 1.82) is 0 Å². The monoisotopic (exact) mass is 270 g/mol. The van der Waals surface area contributed by atoms with Gasteiger partial charge < -0.3 is 4.57 Å². The van der Waals surface area contributed by atoms with E-state index >= 15 is 0 Å². The molecule has 1 aromatic rings. The summed E-state index contributed by atoms with van der Waals surface area (Å²) in [7, 11) is 0. The Morgan fingerprint density at radius 1 is 1.00 bits per heavy atom. The van der Waals surface area contributed by atoms with Crippen molar-refractivity contribution >= 4 is 17.7 Å². The van der Waals surface area contributed by atoms with Crippen molar-refractivity contribution in [2.45, 2.75) is 44.4 Å². The lowest BCUT2D eigenvalue weighted by Gasteiger charge is -2.17. The molecule has 0 unspecified atom stereocenters. The van der Waals surface area contributed by atoms with Crippen molar-refractivity contribution in [2.24, 2.45) is 0 Å². The van der Waals surface area contributed by atoms with Crippen LogP contribution in [0.25, 0.3) is 0 Å². The first-order valence-corrected chi connectivity index (χ1v) is 10.0. The number of benzene rings is 1. The van der Waals surface area contributed by atoms with E-state index in [0.717, 1.165) is 42.9 Å². The Balaban J connectivity index is 2.65. The molecule has 0 saturated carbocycles. The maximum atomic E-state index is 12.9. The second-order valence-electron chi connectivity index (χ2n) is 4.37. The van der Waals surface area contributed by atoms with Crippen LogP contribution in [0.4, 0.5) is 0 Å². The lowest BCUT2D eigenvalue weighted by Crippen LogP contribution is -1.92. The summed E-state index contributed by atoms with van der Waals surface area (Å²) in [5.74, 6) is 0. The summed E-state index contributed by atoms with van der Waals surface area (Å²) in [4.78, 5) is 1.16. The van der Waals surface area contributed by atoms with Crippen LogP contribution in [0, 0.1) is 0 Å². The van der Waals surface area contributed by atoms with E-state index in [1.807, 2.05) is 18.2 Å². The first-order chi connectivity index (χ1) is 8.20. The van der Waals surface area contributed by atoms with E-state index in [1.165, 1.54) is 0 Å². The van der Waals surface area contributed by atoms with Crippen LogP contribution in [0.2, 0.25) is 0 Å². The summed E-state index contributed by atoms with van der Waals surface area (Å²) < 4.78 is 12.9. The van der Waals surface area contributed by atoms with Gasteiger partial charge in [0.05, 0.1) is 0 Å². The van der Waals surface area contributed by atoms with Crippen molar-refractivity contribution in [3.63, 3.8) is 0 Å². The molecule has 0 saturated heterocycles. The molecule has 3 heteroatoms. The van der Waals surface area contributed by atoms with Gasteiger partial charge in [0.25, 0.3) is 0 Å². The predicted octanol–water partition coefficient (Wildman–Crippen LogP) is 5.66. The van der Waals surface area contributed by atoms with E-state index in [9.17, 15) is 4.57 Å². The Bertz CT molecular complexity index is 338. The maximum absolute atomic E-state index is 12.9. The second-order valence-corrected chi connectivity index (χ2v) is 10.1. The van der Waals surface area contributed by atoms with Gasteiger partial charge >= 0.3 is 0 Å². The normalized spacial score (nSPS) is 11.6. The van der Waals surface area contributed by atoms with Crippen molar-refractivity contribution in [3.05, 3.63) is 30.3 Å². The molecular weight excluding hydrogens is 247 g/mol. The second kappa shape index (κ2) is 8.00. The fraction of sp³-hybridized carbons (Fsp3) is 0.571. The smallest absolute Gasteiger partial charge is 0.143 e. The van der Waals surface area contributed by atoms with Crippen molar-refractivity contribution in [3.8, 4) is 0 Å². The lowest BCUT2D eigenvalue weighted by molar-refractivity contribution is 0.580. The largest absolute Gasteiger partial charge is 0.312 e. The van der Waals surface area contributed by atoms with E-state index in [4.69, 9.17) is 0 Å². The predicted molar refractivity (Wildman–Crippen MR) is 79.5 cm³/mol. The topological polar surface area (TPSA) is 17.1 Å². The van der Waals surface area contributed by atoms with Crippen LogP contribution in [-0.2, 0) is 4.57 Å². The van der Waals surface area contributed by atoms with Gasteiger partial charge in [-0.15, -0.1) is 0 Å². The van der Waals surface area contributed by atoms with Gasteiger partial charge in [0.2, 0.25) is 0 Å². The highest BCUT2D eigenvalue weighted by Crippen LogP contribution is 2.62. The summed E-state index contributed by atoms with van der Waals surface area (Å²) in [6.45, 7) is 4.33. The molecule has 1 rings (SSSR count). The van der Waals surface area contributed by atoms with Gasteiger partial charge in [-0.1, -0.05) is 56.3 Å². The first-order valence-electron chi connectivity index (χ1n) is 6.53. The van der Waals surface area contributed by atoms with Crippen molar-refractivity contribution in [2.75, 3.05) is 12.3 Å². The van der Waals surface area contributed by atoms with Crippen molar-refractivity contribution in [1.82, 2.24) is 0 Å². The van der Waals surface area contributed by atoms with Gasteiger partial charge in [-0.05, 0) is 25.0 Å². The zero-order chi connectivity index (χ0) is 12.6. The Hall–Kier alpha value is -0.200. The minimum Gasteiger partial charge on any atom is -0.312 e. The Morgan fingerprint density at radius 3 is 2.00 bits per heavy atom. The van der Waals surface area contributed by atoms with Crippen LogP contribution in [0.3, 0.4) is 0 Å². The van der Waals surface area contributed by atoms with Gasteiger partial charge in [-0.25, -0.2) is 0 Å². The molecule has 0 atom stereocenters. The third-order valence-electron chi connectivity index (χ3n) is 2.72. The van der Waals surface area contributed by atoms with Gasteiger partial charge in [-0.3, -0.25) is 0 Å². The van der Waals surface area contributed by atoms with E-state index in [0.29, 0.717) is 0 Å². The van der Waals surface area contributed by atoms with Crippen LogP contribution < -0.4 is 0 Å². The van der Waals surface area contributed by atoms with Gasteiger partial charge in [-0.2, -0.15) is 0 Å². The first kappa shape index (κ1) is 14.9. The van der Waals surface area contributed by atoms with Crippen molar-refractivity contribution < 1.29 is 4.57 Å². The molecular formula is C14H23OPS. The molecule has 0 bridgehead atoms. The van der Waals surface area contributed by atoms with Gasteiger partial charge in [0.1, 0.15) is 6.34 Å². The fourth-order valence-electron chi connectivity index (χ4n) is 1.67. The van der Waals surface area contributed by atoms with Gasteiger partial charge in [0, 0.05) is 17.2 Å². The average molecular weight is 270 g/mol. The number of unbranched alkanes of at least 4 members (excludes halogenated alkanes) is 2. The molecule has 0 fully saturated rings. The summed E-state index contributed by atoms with van der Waals surface area (Å²) in [6, 6.07) is 10.2. The van der Waals surface area contributed by atoms with Crippen LogP contribution >= 0.6 is 17.7 Å². The van der Waals surface area contributed by atoms with E-state index in [-0.39, 0.29) is 0 Å².